The lowest BCUT2D eigenvalue weighted by Gasteiger charge is -2.28. The summed E-state index contributed by atoms with van der Waals surface area (Å²) in [6, 6.07) is 57.3. The smallest absolute Gasteiger partial charge is 0.150 e. The number of carbonyl (C=O) groups excluding carboxylic acids is 1. The van der Waals surface area contributed by atoms with E-state index in [0.717, 1.165) is 53.3 Å². The summed E-state index contributed by atoms with van der Waals surface area (Å²) in [5.74, 6) is 0.806. The number of nitrogens with zero attached hydrogens (tertiary/aromatic N) is 2. The molecule has 0 amide bonds. The molecule has 6 aromatic carbocycles. The fourth-order valence-electron chi connectivity index (χ4n) is 6.29. The number of para-hydroxylation sites is 3. The highest BCUT2D eigenvalue weighted by atomic mass is 16.1. The molecular weight excluding hydrogens is 560 g/mol. The van der Waals surface area contributed by atoms with E-state index in [1.807, 2.05) is 30.3 Å². The van der Waals surface area contributed by atoms with Crippen molar-refractivity contribution in [1.82, 2.24) is 0 Å². The monoisotopic (exact) mass is 600 g/mol. The van der Waals surface area contributed by atoms with E-state index in [2.05, 4.69) is 157 Å². The summed E-state index contributed by atoms with van der Waals surface area (Å²) in [4.78, 5) is 15.9. The number of benzene rings is 6. The minimum Gasteiger partial charge on any atom is -0.311 e. The van der Waals surface area contributed by atoms with Crippen molar-refractivity contribution < 1.29 is 4.79 Å². The van der Waals surface area contributed by atoms with Crippen LogP contribution in [0.2, 0.25) is 0 Å². The molecule has 3 nitrogen and oxygen atoms in total. The van der Waals surface area contributed by atoms with E-state index < -0.39 is 0 Å². The number of rotatable bonds is 12. The molecule has 228 valence electrons. The van der Waals surface area contributed by atoms with Crippen LogP contribution in [0, 0.1) is 0 Å². The Morgan fingerprint density at radius 1 is 0.500 bits per heavy atom. The van der Waals surface area contributed by atoms with Crippen LogP contribution in [0.15, 0.2) is 164 Å². The van der Waals surface area contributed by atoms with Gasteiger partial charge >= 0.3 is 0 Å². The second kappa shape index (κ2) is 14.6. The molecule has 46 heavy (non-hydrogen) atoms. The summed E-state index contributed by atoms with van der Waals surface area (Å²) >= 11 is 0. The minimum absolute atomic E-state index is 0.366. The van der Waals surface area contributed by atoms with Crippen LogP contribution in [0.25, 0.3) is 0 Å². The van der Waals surface area contributed by atoms with Crippen LogP contribution >= 0.6 is 0 Å². The van der Waals surface area contributed by atoms with Gasteiger partial charge < -0.3 is 9.80 Å². The van der Waals surface area contributed by atoms with Gasteiger partial charge in [-0.1, -0.05) is 92.7 Å². The van der Waals surface area contributed by atoms with Gasteiger partial charge in [-0.05, 0) is 121 Å². The molecule has 0 bridgehead atoms. The lowest BCUT2D eigenvalue weighted by atomic mass is 9.84. The van der Waals surface area contributed by atoms with E-state index in [4.69, 9.17) is 0 Å². The number of hydrogen-bond donors (Lipinski definition) is 0. The zero-order valence-electron chi connectivity index (χ0n) is 26.5. The Labute approximate surface area is 273 Å². The van der Waals surface area contributed by atoms with E-state index in [0.29, 0.717) is 17.4 Å². The van der Waals surface area contributed by atoms with E-state index in [1.54, 1.807) is 0 Å². The van der Waals surface area contributed by atoms with Crippen LogP contribution in [0.3, 0.4) is 0 Å². The first-order valence-corrected chi connectivity index (χ1v) is 16.1. The zero-order chi connectivity index (χ0) is 31.7. The second-order valence-corrected chi connectivity index (χ2v) is 11.8. The van der Waals surface area contributed by atoms with Crippen LogP contribution < -0.4 is 9.80 Å². The lowest BCUT2D eigenvalue weighted by molar-refractivity contribution is 0.112. The molecule has 0 saturated carbocycles. The van der Waals surface area contributed by atoms with Gasteiger partial charge in [0.15, 0.2) is 0 Å². The quantitative estimate of drug-likeness (QED) is 0.131. The Bertz CT molecular complexity index is 1780. The molecule has 0 heterocycles. The Balaban J connectivity index is 1.24. The van der Waals surface area contributed by atoms with Crippen molar-refractivity contribution in [2.45, 2.75) is 38.5 Å². The van der Waals surface area contributed by atoms with Gasteiger partial charge in [0.2, 0.25) is 0 Å². The maximum absolute atomic E-state index is 11.3. The first kappa shape index (κ1) is 30.6. The molecule has 6 rings (SSSR count). The molecule has 3 heteroatoms. The third-order valence-corrected chi connectivity index (χ3v) is 8.78. The number of carbonyl (C=O) groups is 1. The van der Waals surface area contributed by atoms with Crippen molar-refractivity contribution in [2.75, 3.05) is 9.80 Å². The van der Waals surface area contributed by atoms with Crippen LogP contribution in [0.1, 0.15) is 60.0 Å². The van der Waals surface area contributed by atoms with Gasteiger partial charge in [-0.3, -0.25) is 4.79 Å². The molecule has 0 aliphatic heterocycles. The molecule has 0 N–H and O–H groups in total. The normalized spacial score (nSPS) is 12.2. The van der Waals surface area contributed by atoms with Crippen molar-refractivity contribution in [2.24, 2.45) is 0 Å². The van der Waals surface area contributed by atoms with Gasteiger partial charge in [0.25, 0.3) is 0 Å². The highest BCUT2D eigenvalue weighted by molar-refractivity contribution is 5.80. The summed E-state index contributed by atoms with van der Waals surface area (Å²) < 4.78 is 0. The minimum atomic E-state index is 0.366. The van der Waals surface area contributed by atoms with Crippen molar-refractivity contribution in [3.8, 4) is 0 Å². The number of anilines is 6. The van der Waals surface area contributed by atoms with Crippen LogP contribution in [0.4, 0.5) is 34.1 Å². The molecule has 0 aliphatic carbocycles. The third-order valence-electron chi connectivity index (χ3n) is 8.78. The predicted octanol–water partition coefficient (Wildman–Crippen LogP) is 12.1. The van der Waals surface area contributed by atoms with Crippen LogP contribution in [-0.4, -0.2) is 6.29 Å². The number of hydrogen-bond acceptors (Lipinski definition) is 3. The van der Waals surface area contributed by atoms with Gasteiger partial charge in [-0.25, -0.2) is 0 Å². The van der Waals surface area contributed by atoms with Gasteiger partial charge in [-0.2, -0.15) is 0 Å². The van der Waals surface area contributed by atoms with Crippen molar-refractivity contribution in [3.05, 3.63) is 180 Å². The lowest BCUT2D eigenvalue weighted by Crippen LogP contribution is -2.11. The molecule has 0 spiro atoms. The van der Waals surface area contributed by atoms with Gasteiger partial charge in [0.05, 0.1) is 0 Å². The molecule has 0 aromatic heterocycles. The van der Waals surface area contributed by atoms with Gasteiger partial charge in [0.1, 0.15) is 6.29 Å². The Morgan fingerprint density at radius 2 is 0.935 bits per heavy atom. The Morgan fingerprint density at radius 3 is 1.41 bits per heavy atom. The summed E-state index contributed by atoms with van der Waals surface area (Å²) in [6.45, 7) is 4.64. The second-order valence-electron chi connectivity index (χ2n) is 11.8. The molecule has 0 radical (unpaired) electrons. The summed E-state index contributed by atoms with van der Waals surface area (Å²) in [5.41, 5.74) is 10.0. The topological polar surface area (TPSA) is 23.6 Å². The third kappa shape index (κ3) is 6.95. The Hall–Kier alpha value is -5.41. The molecule has 6 aromatic rings. The fourth-order valence-corrected chi connectivity index (χ4v) is 6.29. The largest absolute Gasteiger partial charge is 0.311 e. The zero-order valence-corrected chi connectivity index (χ0v) is 26.5. The average molecular weight is 601 g/mol. The standard InChI is InChI=1S/C43H40N2O/c1-3-35(36-24-28-42(29-25-36)44(38-15-7-4-8-16-38)39-17-9-5-10-18-39)30-33(2)37-14-13-21-43(31-37)45(40-19-11-6-12-20-40)41-26-22-34(32-46)23-27-41/h4-29,31-33,35H,3,30H2,1-2H3. The van der Waals surface area contributed by atoms with Crippen molar-refractivity contribution >= 4 is 40.4 Å². The van der Waals surface area contributed by atoms with Crippen LogP contribution in [0.5, 0.6) is 0 Å². The van der Waals surface area contributed by atoms with Gasteiger partial charge in [0, 0.05) is 39.7 Å². The Kier molecular flexibility index (Phi) is 9.70. The molecule has 0 saturated heterocycles. The summed E-state index contributed by atoms with van der Waals surface area (Å²) in [5, 5.41) is 0. The fraction of sp³-hybridized carbons (Fsp3) is 0.140. The van der Waals surface area contributed by atoms with Gasteiger partial charge in [-0.15, -0.1) is 0 Å². The maximum Gasteiger partial charge on any atom is 0.150 e. The van der Waals surface area contributed by atoms with E-state index in [9.17, 15) is 4.79 Å². The summed E-state index contributed by atoms with van der Waals surface area (Å²) in [6.07, 6.45) is 3.02. The SMILES string of the molecule is CCC(CC(C)c1cccc(N(c2ccccc2)c2ccc(C=O)cc2)c1)c1ccc(N(c2ccccc2)c2ccccc2)cc1. The van der Waals surface area contributed by atoms with Crippen molar-refractivity contribution in [3.63, 3.8) is 0 Å². The van der Waals surface area contributed by atoms with Crippen LogP contribution in [-0.2, 0) is 0 Å². The predicted molar refractivity (Wildman–Crippen MR) is 194 cm³/mol. The first-order valence-electron chi connectivity index (χ1n) is 16.1. The maximum atomic E-state index is 11.3. The molecule has 0 aliphatic rings. The molecular formula is C43H40N2O. The van der Waals surface area contributed by atoms with E-state index in [1.165, 1.54) is 11.1 Å². The first-order chi connectivity index (χ1) is 22.6. The highest BCUT2D eigenvalue weighted by Crippen LogP contribution is 2.39. The molecule has 2 unspecified atom stereocenters. The van der Waals surface area contributed by atoms with E-state index in [-0.39, 0.29) is 0 Å². The molecule has 0 fully saturated rings. The summed E-state index contributed by atoms with van der Waals surface area (Å²) in [7, 11) is 0. The van der Waals surface area contributed by atoms with Crippen molar-refractivity contribution in [1.29, 1.82) is 0 Å². The highest BCUT2D eigenvalue weighted by Gasteiger charge is 2.19. The number of aldehydes is 1. The average Bonchev–Trinajstić information content (AvgIpc) is 3.13. The molecule has 2 atom stereocenters. The van der Waals surface area contributed by atoms with E-state index >= 15 is 0 Å².